The van der Waals surface area contributed by atoms with E-state index in [0.29, 0.717) is 25.8 Å². The maximum Gasteiger partial charge on any atom is 0.289 e. The van der Waals surface area contributed by atoms with E-state index in [1.165, 1.54) is 17.9 Å². The first-order valence-corrected chi connectivity index (χ1v) is 12.1. The van der Waals surface area contributed by atoms with E-state index in [1.54, 1.807) is 0 Å². The predicted molar refractivity (Wildman–Crippen MR) is 131 cm³/mol. The van der Waals surface area contributed by atoms with Crippen LogP contribution < -0.4 is 16.0 Å². The van der Waals surface area contributed by atoms with Crippen LogP contribution in [0.25, 0.3) is 0 Å². The Labute approximate surface area is 203 Å². The summed E-state index contributed by atoms with van der Waals surface area (Å²) < 4.78 is 0. The molecule has 192 valence electrons. The fourth-order valence-corrected chi connectivity index (χ4v) is 4.34. The van der Waals surface area contributed by atoms with E-state index in [4.69, 9.17) is 0 Å². The van der Waals surface area contributed by atoms with E-state index in [2.05, 4.69) is 22.5 Å². The maximum atomic E-state index is 13.6. The van der Waals surface area contributed by atoms with Crippen molar-refractivity contribution in [3.05, 3.63) is 12.7 Å². The van der Waals surface area contributed by atoms with E-state index < -0.39 is 41.1 Å². The fourth-order valence-electron chi connectivity index (χ4n) is 4.34. The van der Waals surface area contributed by atoms with Gasteiger partial charge in [0.25, 0.3) is 5.91 Å². The molecule has 1 rings (SSSR count). The number of rotatable bonds is 11. The molecule has 1 aliphatic rings. The Morgan fingerprint density at radius 2 is 1.74 bits per heavy atom. The van der Waals surface area contributed by atoms with Gasteiger partial charge in [-0.3, -0.25) is 24.0 Å². The smallest absolute Gasteiger partial charge is 0.289 e. The van der Waals surface area contributed by atoms with Gasteiger partial charge in [-0.15, -0.1) is 6.58 Å². The largest absolute Gasteiger partial charge is 0.346 e. The first-order chi connectivity index (χ1) is 15.8. The summed E-state index contributed by atoms with van der Waals surface area (Å²) in [4.78, 5) is 65.3. The number of likely N-dealkylation sites (tertiary alicyclic amines) is 1. The van der Waals surface area contributed by atoms with Crippen molar-refractivity contribution in [3.8, 4) is 0 Å². The molecule has 4 atom stereocenters. The second-order valence-electron chi connectivity index (χ2n) is 10.4. The van der Waals surface area contributed by atoms with Crippen molar-refractivity contribution < 1.29 is 24.0 Å². The van der Waals surface area contributed by atoms with Crippen LogP contribution >= 0.6 is 0 Å². The molecule has 34 heavy (non-hydrogen) atoms. The molecule has 9 nitrogen and oxygen atoms in total. The Balaban J connectivity index is 3.23. The van der Waals surface area contributed by atoms with Gasteiger partial charge >= 0.3 is 0 Å². The molecule has 1 heterocycles. The van der Waals surface area contributed by atoms with Crippen LogP contribution in [-0.4, -0.2) is 65.5 Å². The summed E-state index contributed by atoms with van der Waals surface area (Å²) in [6, 6.07) is -2.58. The molecule has 4 amide bonds. The summed E-state index contributed by atoms with van der Waals surface area (Å²) in [6.07, 6.45) is 2.98. The van der Waals surface area contributed by atoms with Crippen LogP contribution in [0.3, 0.4) is 0 Å². The van der Waals surface area contributed by atoms with Crippen LogP contribution in [0.1, 0.15) is 67.7 Å². The molecule has 0 aliphatic carbocycles. The third-order valence-electron chi connectivity index (χ3n) is 6.15. The molecule has 1 fully saturated rings. The Morgan fingerprint density at radius 1 is 1.12 bits per heavy atom. The zero-order valence-electron chi connectivity index (χ0n) is 21.7. The van der Waals surface area contributed by atoms with Crippen molar-refractivity contribution in [1.29, 1.82) is 0 Å². The molecule has 0 spiro atoms. The summed E-state index contributed by atoms with van der Waals surface area (Å²) in [5.74, 6) is -2.62. The highest BCUT2D eigenvalue weighted by atomic mass is 16.2. The average Bonchev–Trinajstić information content (AvgIpc) is 3.19. The topological polar surface area (TPSA) is 125 Å². The van der Waals surface area contributed by atoms with Crippen molar-refractivity contribution >= 4 is 29.4 Å². The number of hydrogen-bond donors (Lipinski definition) is 3. The lowest BCUT2D eigenvalue weighted by Gasteiger charge is -2.36. The van der Waals surface area contributed by atoms with Crippen molar-refractivity contribution in [2.75, 3.05) is 13.1 Å². The summed E-state index contributed by atoms with van der Waals surface area (Å²) >= 11 is 0. The third-order valence-corrected chi connectivity index (χ3v) is 6.15. The number of amides is 4. The molecule has 1 saturated heterocycles. The third kappa shape index (κ3) is 7.67. The lowest BCUT2D eigenvalue weighted by Crippen LogP contribution is -2.60. The number of carbonyl (C=O) groups excluding carboxylic acids is 5. The lowest BCUT2D eigenvalue weighted by atomic mass is 9.84. The molecule has 0 saturated carbocycles. The number of Topliss-reactive ketones (excluding diaryl/α,β-unsaturated/α-hetero) is 1. The molecule has 0 bridgehead atoms. The Hall–Kier alpha value is -2.71. The maximum absolute atomic E-state index is 13.6. The molecule has 3 N–H and O–H groups in total. The first-order valence-electron chi connectivity index (χ1n) is 12.1. The highest BCUT2D eigenvalue weighted by Gasteiger charge is 2.47. The number of nitrogens with zero attached hydrogens (tertiary/aromatic N) is 1. The molecule has 0 radical (unpaired) electrons. The van der Waals surface area contributed by atoms with Gasteiger partial charge in [0.05, 0.1) is 6.04 Å². The van der Waals surface area contributed by atoms with Gasteiger partial charge in [0.15, 0.2) is 0 Å². The Kier molecular flexibility index (Phi) is 10.9. The number of nitrogens with one attached hydrogen (secondary N) is 3. The number of hydrogen-bond acceptors (Lipinski definition) is 5. The zero-order valence-corrected chi connectivity index (χ0v) is 21.7. The van der Waals surface area contributed by atoms with Crippen molar-refractivity contribution in [1.82, 2.24) is 20.9 Å². The first kappa shape index (κ1) is 29.3. The molecule has 0 aromatic carbocycles. The highest BCUT2D eigenvalue weighted by molar-refractivity contribution is 6.38. The van der Waals surface area contributed by atoms with Crippen LogP contribution in [0.15, 0.2) is 12.7 Å². The van der Waals surface area contributed by atoms with Gasteiger partial charge in [-0.25, -0.2) is 0 Å². The average molecular weight is 479 g/mol. The quantitative estimate of drug-likeness (QED) is 0.307. The SMILES string of the molecule is C=CCNC(=O)C(=O)C(CCC)NC(=O)[C@@H]1[C@@H](C(C)C)CCN1C(=O)[C@@H](NC(C)=O)C(C)(C)C. The van der Waals surface area contributed by atoms with Gasteiger partial charge in [-0.2, -0.15) is 0 Å². The minimum absolute atomic E-state index is 0.110. The summed E-state index contributed by atoms with van der Waals surface area (Å²) in [7, 11) is 0. The van der Waals surface area contributed by atoms with E-state index in [-0.39, 0.29) is 30.2 Å². The van der Waals surface area contributed by atoms with E-state index in [1.807, 2.05) is 41.5 Å². The summed E-state index contributed by atoms with van der Waals surface area (Å²) in [5.41, 5.74) is -0.566. The summed E-state index contributed by atoms with van der Waals surface area (Å²) in [5, 5.41) is 7.94. The fraction of sp³-hybridized carbons (Fsp3) is 0.720. The predicted octanol–water partition coefficient (Wildman–Crippen LogP) is 1.57. The minimum Gasteiger partial charge on any atom is -0.346 e. The van der Waals surface area contributed by atoms with Crippen LogP contribution in [-0.2, 0) is 24.0 Å². The molecular formula is C25H42N4O5. The van der Waals surface area contributed by atoms with Gasteiger partial charge in [0.1, 0.15) is 12.1 Å². The molecule has 1 unspecified atom stereocenters. The van der Waals surface area contributed by atoms with Gasteiger partial charge in [0.2, 0.25) is 23.5 Å². The Morgan fingerprint density at radius 3 is 2.21 bits per heavy atom. The monoisotopic (exact) mass is 478 g/mol. The minimum atomic E-state index is -0.985. The summed E-state index contributed by atoms with van der Waals surface area (Å²) in [6.45, 7) is 16.8. The number of carbonyl (C=O) groups is 5. The van der Waals surface area contributed by atoms with Crippen LogP contribution in [0.2, 0.25) is 0 Å². The zero-order chi connectivity index (χ0) is 26.2. The highest BCUT2D eigenvalue weighted by Crippen LogP contribution is 2.33. The van der Waals surface area contributed by atoms with E-state index in [9.17, 15) is 24.0 Å². The van der Waals surface area contributed by atoms with Gasteiger partial charge < -0.3 is 20.9 Å². The molecule has 0 aromatic heterocycles. The lowest BCUT2D eigenvalue weighted by molar-refractivity contribution is -0.146. The van der Waals surface area contributed by atoms with Crippen molar-refractivity contribution in [3.63, 3.8) is 0 Å². The standard InChI is InChI=1S/C25H42N4O5/c1-9-11-18(20(31)23(33)26-13-10-2)28-22(32)19-17(15(3)4)12-14-29(19)24(34)21(25(6,7)8)27-16(5)30/h10,15,17-19,21H,2,9,11-14H2,1,3-8H3,(H,26,33)(H,27,30)(H,28,32)/t17-,18?,19+,21-/m1/s1. The second-order valence-corrected chi connectivity index (χ2v) is 10.4. The van der Waals surface area contributed by atoms with E-state index >= 15 is 0 Å². The molecule has 1 aliphatic heterocycles. The van der Waals surface area contributed by atoms with Crippen LogP contribution in [0.4, 0.5) is 0 Å². The number of ketones is 1. The van der Waals surface area contributed by atoms with Gasteiger partial charge in [-0.05, 0) is 30.1 Å². The molecular weight excluding hydrogens is 436 g/mol. The Bertz CT molecular complexity index is 787. The second kappa shape index (κ2) is 12.7. The van der Waals surface area contributed by atoms with Gasteiger partial charge in [-0.1, -0.05) is 54.0 Å². The van der Waals surface area contributed by atoms with Crippen LogP contribution in [0, 0.1) is 17.3 Å². The normalized spacial score (nSPS) is 19.8. The molecule has 9 heteroatoms. The van der Waals surface area contributed by atoms with Crippen molar-refractivity contribution in [2.45, 2.75) is 85.9 Å². The van der Waals surface area contributed by atoms with Crippen molar-refractivity contribution in [2.24, 2.45) is 17.3 Å². The van der Waals surface area contributed by atoms with Crippen LogP contribution in [0.5, 0.6) is 0 Å². The van der Waals surface area contributed by atoms with Gasteiger partial charge in [0, 0.05) is 20.0 Å². The molecule has 0 aromatic rings. The van der Waals surface area contributed by atoms with E-state index in [0.717, 1.165) is 0 Å².